The Morgan fingerprint density at radius 2 is 2.20 bits per heavy atom. The molecular formula is C9H9F3N2O. The van der Waals surface area contributed by atoms with Gasteiger partial charge in [0.25, 0.3) is 0 Å². The molecule has 0 bridgehead atoms. The number of alkyl halides is 3. The summed E-state index contributed by atoms with van der Waals surface area (Å²) in [6.45, 7) is 2.49. The van der Waals surface area contributed by atoms with Crippen molar-refractivity contribution in [3.63, 3.8) is 0 Å². The van der Waals surface area contributed by atoms with Crippen LogP contribution in [0.3, 0.4) is 0 Å². The summed E-state index contributed by atoms with van der Waals surface area (Å²) in [6.07, 6.45) is -0.544. The average Bonchev–Trinajstić information content (AvgIpc) is 2.40. The van der Waals surface area contributed by atoms with Gasteiger partial charge in [-0.3, -0.25) is 4.99 Å². The first-order valence-corrected chi connectivity index (χ1v) is 4.44. The molecule has 0 radical (unpaired) electrons. The van der Waals surface area contributed by atoms with E-state index in [1.807, 2.05) is 6.92 Å². The van der Waals surface area contributed by atoms with Gasteiger partial charge in [-0.15, -0.1) is 13.2 Å². The third-order valence-corrected chi connectivity index (χ3v) is 2.02. The number of fused-ring (bicyclic) bond motifs is 1. The van der Waals surface area contributed by atoms with Crippen molar-refractivity contribution in [1.29, 1.82) is 0 Å². The molecule has 82 valence electrons. The van der Waals surface area contributed by atoms with Crippen LogP contribution in [0, 0.1) is 0 Å². The fourth-order valence-corrected chi connectivity index (χ4v) is 1.52. The lowest BCUT2D eigenvalue weighted by Crippen LogP contribution is -2.26. The summed E-state index contributed by atoms with van der Waals surface area (Å²) in [5.41, 5.74) is 0. The van der Waals surface area contributed by atoms with Crippen LogP contribution in [0.25, 0.3) is 0 Å². The molecule has 0 aromatic rings. The predicted octanol–water partition coefficient (Wildman–Crippen LogP) is 2.04. The summed E-state index contributed by atoms with van der Waals surface area (Å²) in [6, 6.07) is 0.103. The summed E-state index contributed by atoms with van der Waals surface area (Å²) in [4.78, 5) is 5.86. The standard InChI is InChI=1S/C9H9F3N2O/c1-6-4-14-5-7(15-9(10,11)12)2-3-8(14)13-6/h2-3,5-6H,4H2,1H3/t6-/m1/s1. The van der Waals surface area contributed by atoms with E-state index in [9.17, 15) is 13.2 Å². The molecule has 0 saturated carbocycles. The molecule has 15 heavy (non-hydrogen) atoms. The molecule has 0 aromatic carbocycles. The quantitative estimate of drug-likeness (QED) is 0.672. The number of hydrogen-bond acceptors (Lipinski definition) is 3. The van der Waals surface area contributed by atoms with Crippen LogP contribution in [-0.2, 0) is 4.74 Å². The Hall–Kier alpha value is -1.46. The monoisotopic (exact) mass is 218 g/mol. The third kappa shape index (κ3) is 2.31. The van der Waals surface area contributed by atoms with Crippen LogP contribution >= 0.6 is 0 Å². The van der Waals surface area contributed by atoms with E-state index in [2.05, 4.69) is 9.73 Å². The molecule has 2 rings (SSSR count). The van der Waals surface area contributed by atoms with E-state index in [-0.39, 0.29) is 11.8 Å². The summed E-state index contributed by atoms with van der Waals surface area (Å²) in [7, 11) is 0. The highest BCUT2D eigenvalue weighted by molar-refractivity contribution is 5.96. The molecule has 0 unspecified atom stereocenters. The van der Waals surface area contributed by atoms with Crippen LogP contribution < -0.4 is 0 Å². The molecular weight excluding hydrogens is 209 g/mol. The first kappa shape index (κ1) is 10.1. The van der Waals surface area contributed by atoms with Crippen molar-refractivity contribution >= 4 is 5.84 Å². The fourth-order valence-electron chi connectivity index (χ4n) is 1.52. The lowest BCUT2D eigenvalue weighted by Gasteiger charge is -2.19. The molecule has 0 spiro atoms. The van der Waals surface area contributed by atoms with Crippen molar-refractivity contribution in [1.82, 2.24) is 4.90 Å². The normalized spacial score (nSPS) is 24.8. The maximum atomic E-state index is 11.9. The van der Waals surface area contributed by atoms with Crippen LogP contribution in [0.5, 0.6) is 0 Å². The van der Waals surface area contributed by atoms with Crippen molar-refractivity contribution in [2.24, 2.45) is 4.99 Å². The second-order valence-corrected chi connectivity index (χ2v) is 3.40. The minimum Gasteiger partial charge on any atom is -0.404 e. The Morgan fingerprint density at radius 3 is 2.87 bits per heavy atom. The molecule has 2 heterocycles. The van der Waals surface area contributed by atoms with Gasteiger partial charge in [0.05, 0.1) is 6.04 Å². The van der Waals surface area contributed by atoms with Gasteiger partial charge in [0.15, 0.2) is 0 Å². The Labute approximate surface area is 84.5 Å². The van der Waals surface area contributed by atoms with Crippen LogP contribution in [0.2, 0.25) is 0 Å². The largest absolute Gasteiger partial charge is 0.573 e. The molecule has 0 aliphatic carbocycles. The van der Waals surface area contributed by atoms with E-state index in [1.165, 1.54) is 18.4 Å². The van der Waals surface area contributed by atoms with Crippen molar-refractivity contribution in [3.05, 3.63) is 24.1 Å². The van der Waals surface area contributed by atoms with Crippen molar-refractivity contribution in [3.8, 4) is 0 Å². The highest BCUT2D eigenvalue weighted by atomic mass is 19.4. The van der Waals surface area contributed by atoms with Gasteiger partial charge in [0.2, 0.25) is 0 Å². The van der Waals surface area contributed by atoms with Crippen LogP contribution in [0.4, 0.5) is 13.2 Å². The Morgan fingerprint density at radius 1 is 1.47 bits per heavy atom. The number of nitrogens with zero attached hydrogens (tertiary/aromatic N) is 2. The van der Waals surface area contributed by atoms with E-state index < -0.39 is 6.36 Å². The molecule has 6 heteroatoms. The highest BCUT2D eigenvalue weighted by Crippen LogP contribution is 2.25. The Balaban J connectivity index is 2.10. The van der Waals surface area contributed by atoms with Gasteiger partial charge in [0.1, 0.15) is 11.6 Å². The lowest BCUT2D eigenvalue weighted by atomic mass is 10.3. The molecule has 2 aliphatic rings. The summed E-state index contributed by atoms with van der Waals surface area (Å²) in [5.74, 6) is 0.465. The molecule has 1 atom stereocenters. The minimum absolute atomic E-state index is 0.103. The maximum Gasteiger partial charge on any atom is 0.573 e. The van der Waals surface area contributed by atoms with Gasteiger partial charge in [-0.2, -0.15) is 0 Å². The highest BCUT2D eigenvalue weighted by Gasteiger charge is 2.33. The molecule has 0 amide bonds. The smallest absolute Gasteiger partial charge is 0.404 e. The van der Waals surface area contributed by atoms with Gasteiger partial charge in [-0.25, -0.2) is 0 Å². The van der Waals surface area contributed by atoms with E-state index in [4.69, 9.17) is 0 Å². The minimum atomic E-state index is -4.64. The zero-order valence-corrected chi connectivity index (χ0v) is 7.95. The van der Waals surface area contributed by atoms with Crippen molar-refractivity contribution in [2.45, 2.75) is 19.3 Å². The van der Waals surface area contributed by atoms with Crippen molar-refractivity contribution < 1.29 is 17.9 Å². The van der Waals surface area contributed by atoms with Crippen LogP contribution in [-0.4, -0.2) is 29.7 Å². The predicted molar refractivity (Wildman–Crippen MR) is 48.0 cm³/mol. The summed E-state index contributed by atoms with van der Waals surface area (Å²) >= 11 is 0. The number of ether oxygens (including phenoxy) is 1. The third-order valence-electron chi connectivity index (χ3n) is 2.02. The first-order chi connectivity index (χ1) is 6.94. The van der Waals surface area contributed by atoms with Gasteiger partial charge in [-0.1, -0.05) is 0 Å². The number of halogens is 3. The summed E-state index contributed by atoms with van der Waals surface area (Å²) in [5, 5.41) is 0. The zero-order chi connectivity index (χ0) is 11.1. The fraction of sp³-hybridized carbons (Fsp3) is 0.444. The molecule has 2 aliphatic heterocycles. The SMILES string of the molecule is C[C@@H]1CN2C=C(OC(F)(F)F)C=CC2=N1. The van der Waals surface area contributed by atoms with Crippen molar-refractivity contribution in [2.75, 3.05) is 6.54 Å². The molecule has 0 aromatic heterocycles. The van der Waals surface area contributed by atoms with Crippen LogP contribution in [0.15, 0.2) is 29.1 Å². The maximum absolute atomic E-state index is 11.9. The van der Waals surface area contributed by atoms with E-state index in [0.717, 1.165) is 0 Å². The molecule has 0 saturated heterocycles. The number of aliphatic imine (C=N–C) groups is 1. The second-order valence-electron chi connectivity index (χ2n) is 3.40. The lowest BCUT2D eigenvalue weighted by molar-refractivity contribution is -0.303. The molecule has 0 fully saturated rings. The van der Waals surface area contributed by atoms with Gasteiger partial charge in [0, 0.05) is 12.7 Å². The summed E-state index contributed by atoms with van der Waals surface area (Å²) < 4.78 is 39.5. The first-order valence-electron chi connectivity index (χ1n) is 4.44. The van der Waals surface area contributed by atoms with E-state index in [1.54, 1.807) is 4.90 Å². The second kappa shape index (κ2) is 3.29. The topological polar surface area (TPSA) is 24.8 Å². The Kier molecular flexibility index (Phi) is 2.21. The average molecular weight is 218 g/mol. The van der Waals surface area contributed by atoms with E-state index in [0.29, 0.717) is 12.4 Å². The number of allylic oxidation sites excluding steroid dienone is 1. The molecule has 0 N–H and O–H groups in total. The van der Waals surface area contributed by atoms with Gasteiger partial charge in [-0.05, 0) is 19.1 Å². The van der Waals surface area contributed by atoms with E-state index >= 15 is 0 Å². The molecule has 3 nitrogen and oxygen atoms in total. The van der Waals surface area contributed by atoms with Gasteiger partial charge >= 0.3 is 6.36 Å². The number of amidine groups is 1. The van der Waals surface area contributed by atoms with Crippen LogP contribution in [0.1, 0.15) is 6.92 Å². The number of hydrogen-bond donors (Lipinski definition) is 0. The van der Waals surface area contributed by atoms with Gasteiger partial charge < -0.3 is 9.64 Å². The Bertz CT molecular complexity index is 357. The number of rotatable bonds is 1. The zero-order valence-electron chi connectivity index (χ0n) is 7.95.